The predicted molar refractivity (Wildman–Crippen MR) is 196 cm³/mol. The van der Waals surface area contributed by atoms with Gasteiger partial charge in [0.15, 0.2) is 5.65 Å². The summed E-state index contributed by atoms with van der Waals surface area (Å²) in [5.74, 6) is 2.36. The van der Waals surface area contributed by atoms with E-state index in [4.69, 9.17) is 4.74 Å². The van der Waals surface area contributed by atoms with Crippen molar-refractivity contribution in [1.29, 1.82) is 0 Å². The van der Waals surface area contributed by atoms with Crippen molar-refractivity contribution in [3.05, 3.63) is 83.9 Å². The first-order valence-corrected chi connectivity index (χ1v) is 18.0. The summed E-state index contributed by atoms with van der Waals surface area (Å²) in [6.07, 6.45) is 14.0. The summed E-state index contributed by atoms with van der Waals surface area (Å²) in [4.78, 5) is 18.2. The molecule has 12 nitrogen and oxygen atoms in total. The van der Waals surface area contributed by atoms with Crippen molar-refractivity contribution in [2.45, 2.75) is 83.4 Å². The molecule has 4 aromatic heterocycles. The molecule has 2 atom stereocenters. The van der Waals surface area contributed by atoms with Gasteiger partial charge in [0, 0.05) is 32.0 Å². The van der Waals surface area contributed by atoms with Crippen LogP contribution in [0.25, 0.3) is 11.3 Å². The highest BCUT2D eigenvalue weighted by Crippen LogP contribution is 2.39. The topological polar surface area (TPSA) is 110 Å². The highest BCUT2D eigenvalue weighted by molar-refractivity contribution is 5.89. The number of aryl methyl sites for hydroxylation is 1. The van der Waals surface area contributed by atoms with Crippen LogP contribution in [0.4, 0.5) is 16.6 Å². The van der Waals surface area contributed by atoms with Gasteiger partial charge in [-0.05, 0) is 99.5 Å². The fraction of sp³-hybridized carbons (Fsp3) is 0.474. The summed E-state index contributed by atoms with van der Waals surface area (Å²) in [7, 11) is 4.16. The Morgan fingerprint density at radius 2 is 1.78 bits per heavy atom. The van der Waals surface area contributed by atoms with E-state index in [9.17, 15) is 4.79 Å². The number of carbonyl (C=O) groups is 1. The minimum absolute atomic E-state index is 0.0921. The zero-order valence-electron chi connectivity index (χ0n) is 30.0. The highest BCUT2D eigenvalue weighted by atomic mass is 16.5. The van der Waals surface area contributed by atoms with Crippen molar-refractivity contribution in [1.82, 2.24) is 39.2 Å². The number of anilines is 2. The standard InChI is InChI=1S/C38H50N10O2/c1-38(2,3)27-22-35(47(24-27)28-23-39-46(25-28)21-11-18-44(4)5)41-36(49)40-32-15-16-33(31-13-8-7-12-30(31)32)50-29-14-17-34-42-43-37(48(34)26-29)45-19-9-6-10-20-45/h7-8,12-14,17,22-26,32-33H,6,9-11,15-16,18-21H2,1-5H3,(H2,40,41,49)/t32-,33+/m0/s1. The van der Waals surface area contributed by atoms with E-state index in [1.807, 2.05) is 56.5 Å². The van der Waals surface area contributed by atoms with Crippen LogP contribution in [0.3, 0.4) is 0 Å². The summed E-state index contributed by atoms with van der Waals surface area (Å²) >= 11 is 0. The number of amides is 2. The van der Waals surface area contributed by atoms with Crippen LogP contribution in [0.1, 0.15) is 88.1 Å². The molecule has 0 radical (unpaired) electrons. The number of ether oxygens (including phenoxy) is 1. The maximum atomic E-state index is 13.7. The lowest BCUT2D eigenvalue weighted by atomic mass is 9.85. The van der Waals surface area contributed by atoms with Crippen LogP contribution in [-0.4, -0.2) is 73.6 Å². The molecule has 0 unspecified atom stereocenters. The first-order valence-electron chi connectivity index (χ1n) is 18.0. The number of urea groups is 1. The van der Waals surface area contributed by atoms with E-state index in [0.717, 1.165) is 85.2 Å². The van der Waals surface area contributed by atoms with Gasteiger partial charge in [-0.15, -0.1) is 10.2 Å². The van der Waals surface area contributed by atoms with Gasteiger partial charge in [-0.1, -0.05) is 45.0 Å². The molecule has 2 amide bonds. The van der Waals surface area contributed by atoms with Crippen LogP contribution >= 0.6 is 0 Å². The lowest BCUT2D eigenvalue weighted by Gasteiger charge is -2.32. The van der Waals surface area contributed by atoms with Crippen molar-refractivity contribution < 1.29 is 9.53 Å². The molecule has 12 heteroatoms. The number of benzene rings is 1. The van der Waals surface area contributed by atoms with E-state index < -0.39 is 0 Å². The Hall–Kier alpha value is -4.84. The molecule has 1 aromatic carbocycles. The monoisotopic (exact) mass is 678 g/mol. The number of rotatable bonds is 10. The van der Waals surface area contributed by atoms with Crippen molar-refractivity contribution in [3.63, 3.8) is 0 Å². The fourth-order valence-corrected chi connectivity index (χ4v) is 7.07. The third kappa shape index (κ3) is 7.35. The highest BCUT2D eigenvalue weighted by Gasteiger charge is 2.30. The number of pyridine rings is 1. The largest absolute Gasteiger partial charge is 0.484 e. The molecule has 0 spiro atoms. The number of hydrogen-bond donors (Lipinski definition) is 2. The Morgan fingerprint density at radius 3 is 2.56 bits per heavy atom. The summed E-state index contributed by atoms with van der Waals surface area (Å²) in [6.45, 7) is 10.3. The first-order chi connectivity index (χ1) is 24.1. The lowest BCUT2D eigenvalue weighted by Crippen LogP contribution is -2.36. The molecule has 50 heavy (non-hydrogen) atoms. The molecular formula is C38H50N10O2. The van der Waals surface area contributed by atoms with Gasteiger partial charge < -0.3 is 19.9 Å². The molecule has 7 rings (SSSR count). The molecular weight excluding hydrogens is 628 g/mol. The maximum absolute atomic E-state index is 13.7. The molecule has 1 fully saturated rings. The molecule has 0 bridgehead atoms. The third-order valence-electron chi connectivity index (χ3n) is 9.83. The Balaban J connectivity index is 1.06. The first kappa shape index (κ1) is 33.6. The van der Waals surface area contributed by atoms with Gasteiger partial charge in [0.25, 0.3) is 0 Å². The second kappa shape index (κ2) is 14.2. The summed E-state index contributed by atoms with van der Waals surface area (Å²) in [6, 6.07) is 13.9. The van der Waals surface area contributed by atoms with Gasteiger partial charge in [-0.2, -0.15) is 5.10 Å². The minimum Gasteiger partial charge on any atom is -0.484 e. The molecule has 5 heterocycles. The van der Waals surface area contributed by atoms with Gasteiger partial charge in [-0.3, -0.25) is 19.0 Å². The van der Waals surface area contributed by atoms with Crippen LogP contribution in [-0.2, 0) is 12.0 Å². The zero-order valence-corrected chi connectivity index (χ0v) is 30.0. The smallest absolute Gasteiger partial charge is 0.320 e. The number of hydrogen-bond acceptors (Lipinski definition) is 7. The molecule has 264 valence electrons. The van der Waals surface area contributed by atoms with Gasteiger partial charge in [0.05, 0.1) is 24.1 Å². The summed E-state index contributed by atoms with van der Waals surface area (Å²) in [5, 5.41) is 19.9. The summed E-state index contributed by atoms with van der Waals surface area (Å²) < 4.78 is 12.7. The Kier molecular flexibility index (Phi) is 9.54. The van der Waals surface area contributed by atoms with Gasteiger partial charge in [0.1, 0.15) is 17.7 Å². The minimum atomic E-state index is -0.245. The van der Waals surface area contributed by atoms with Crippen LogP contribution in [0.5, 0.6) is 5.75 Å². The maximum Gasteiger partial charge on any atom is 0.320 e. The Morgan fingerprint density at radius 1 is 0.980 bits per heavy atom. The summed E-state index contributed by atoms with van der Waals surface area (Å²) in [5.41, 5.74) is 4.92. The van der Waals surface area contributed by atoms with E-state index in [0.29, 0.717) is 5.82 Å². The van der Waals surface area contributed by atoms with E-state index in [1.165, 1.54) is 19.3 Å². The van der Waals surface area contributed by atoms with Crippen molar-refractivity contribution >= 4 is 23.4 Å². The second-order valence-corrected chi connectivity index (χ2v) is 15.0. The molecule has 2 N–H and O–H groups in total. The van der Waals surface area contributed by atoms with Crippen molar-refractivity contribution in [2.24, 2.45) is 0 Å². The second-order valence-electron chi connectivity index (χ2n) is 15.0. The van der Waals surface area contributed by atoms with Gasteiger partial charge >= 0.3 is 6.03 Å². The number of nitrogens with one attached hydrogen (secondary N) is 2. The number of piperidine rings is 1. The fourth-order valence-electron chi connectivity index (χ4n) is 7.07. The average Bonchev–Trinajstić information content (AvgIpc) is 3.85. The van der Waals surface area contributed by atoms with Crippen molar-refractivity contribution in [3.8, 4) is 11.4 Å². The van der Waals surface area contributed by atoms with Gasteiger partial charge in [-0.25, -0.2) is 4.79 Å². The zero-order chi connectivity index (χ0) is 34.8. The Bertz CT molecular complexity index is 1930. The van der Waals surface area contributed by atoms with E-state index in [-0.39, 0.29) is 23.6 Å². The number of nitrogens with zero attached hydrogens (tertiary/aromatic N) is 8. The van der Waals surface area contributed by atoms with E-state index >= 15 is 0 Å². The molecule has 0 saturated carbocycles. The van der Waals surface area contributed by atoms with E-state index in [2.05, 4.69) is 95.0 Å². The molecule has 1 saturated heterocycles. The number of fused-ring (bicyclic) bond motifs is 2. The Labute approximate surface area is 294 Å². The number of carbonyl (C=O) groups excluding carboxylic acids is 1. The molecule has 2 aliphatic rings. The molecule has 1 aliphatic carbocycles. The van der Waals surface area contributed by atoms with Crippen molar-refractivity contribution in [2.75, 3.05) is 43.9 Å². The molecule has 1 aliphatic heterocycles. The predicted octanol–water partition coefficient (Wildman–Crippen LogP) is 6.73. The lowest BCUT2D eigenvalue weighted by molar-refractivity contribution is 0.171. The van der Waals surface area contributed by atoms with Crippen LogP contribution in [0.15, 0.2) is 67.3 Å². The van der Waals surface area contributed by atoms with Gasteiger partial charge in [0.2, 0.25) is 5.95 Å². The van der Waals surface area contributed by atoms with E-state index in [1.54, 1.807) is 0 Å². The van der Waals surface area contributed by atoms with Crippen LogP contribution < -0.4 is 20.3 Å². The third-order valence-corrected chi connectivity index (χ3v) is 9.83. The average molecular weight is 679 g/mol. The van der Waals surface area contributed by atoms with Crippen LogP contribution in [0, 0.1) is 0 Å². The SMILES string of the molecule is CN(C)CCCn1cc(-n2cc(C(C)(C)C)cc2NC(=O)N[C@H]2CC[C@@H](Oc3ccc4nnc(N5CCCCC5)n4c3)c3ccccc32)cn1. The quantitative estimate of drug-likeness (QED) is 0.169. The normalized spacial score (nSPS) is 18.0. The van der Waals surface area contributed by atoms with Crippen LogP contribution in [0.2, 0.25) is 0 Å². The molecule has 5 aromatic rings. The number of aromatic nitrogens is 6.